The molecule has 0 bridgehead atoms. The molecule has 148 valence electrons. The first-order valence-corrected chi connectivity index (χ1v) is 10.8. The SMILES string of the molecule is Cc1cccc(C2(c3ccccc3)CC(C)(c3ccccc3)c3cc(C)ccc32)c1. The fourth-order valence-corrected chi connectivity index (χ4v) is 5.59. The lowest BCUT2D eigenvalue weighted by molar-refractivity contribution is 0.472. The van der Waals surface area contributed by atoms with Crippen molar-refractivity contribution in [2.45, 2.75) is 38.0 Å². The van der Waals surface area contributed by atoms with Gasteiger partial charge in [0.1, 0.15) is 0 Å². The molecule has 4 aromatic carbocycles. The lowest BCUT2D eigenvalue weighted by Gasteiger charge is -2.35. The van der Waals surface area contributed by atoms with E-state index in [1.54, 1.807) is 0 Å². The van der Waals surface area contributed by atoms with E-state index in [-0.39, 0.29) is 10.8 Å². The number of rotatable bonds is 3. The quantitative estimate of drug-likeness (QED) is 0.344. The molecular weight excluding hydrogens is 360 g/mol. The van der Waals surface area contributed by atoms with Crippen LogP contribution in [0.25, 0.3) is 0 Å². The van der Waals surface area contributed by atoms with E-state index in [2.05, 4.69) is 124 Å². The van der Waals surface area contributed by atoms with Crippen molar-refractivity contribution < 1.29 is 0 Å². The Morgan fingerprint density at radius 2 is 1.13 bits per heavy atom. The standard InChI is InChI=1S/C30H28/c1-22-11-10-16-26(19-22)30(25-14-8-5-9-15-25)21-29(3,24-12-6-4-7-13-24)28-20-23(2)17-18-27(28)30/h4-20H,21H2,1-3H3. The second kappa shape index (κ2) is 6.99. The van der Waals surface area contributed by atoms with Gasteiger partial charge in [0.05, 0.1) is 0 Å². The minimum Gasteiger partial charge on any atom is -0.0622 e. The molecule has 5 rings (SSSR count). The molecule has 2 atom stereocenters. The van der Waals surface area contributed by atoms with Gasteiger partial charge in [0.15, 0.2) is 0 Å². The Morgan fingerprint density at radius 1 is 0.533 bits per heavy atom. The Labute approximate surface area is 180 Å². The van der Waals surface area contributed by atoms with Crippen LogP contribution in [0.5, 0.6) is 0 Å². The Bertz CT molecular complexity index is 1190. The third kappa shape index (κ3) is 2.75. The maximum atomic E-state index is 2.43. The molecule has 2 unspecified atom stereocenters. The first-order valence-electron chi connectivity index (χ1n) is 10.8. The molecule has 0 aliphatic heterocycles. The van der Waals surface area contributed by atoms with Gasteiger partial charge in [-0.1, -0.05) is 121 Å². The molecule has 1 aliphatic rings. The molecule has 0 radical (unpaired) electrons. The summed E-state index contributed by atoms with van der Waals surface area (Å²) in [5, 5.41) is 0. The predicted octanol–water partition coefficient (Wildman–Crippen LogP) is 7.35. The van der Waals surface area contributed by atoms with Crippen molar-refractivity contribution >= 4 is 0 Å². The zero-order chi connectivity index (χ0) is 20.8. The maximum absolute atomic E-state index is 2.43. The zero-order valence-corrected chi connectivity index (χ0v) is 18.0. The van der Waals surface area contributed by atoms with Crippen LogP contribution in [0.3, 0.4) is 0 Å². The summed E-state index contributed by atoms with van der Waals surface area (Å²) in [7, 11) is 0. The summed E-state index contributed by atoms with van der Waals surface area (Å²) in [6.45, 7) is 6.84. The van der Waals surface area contributed by atoms with E-state index >= 15 is 0 Å². The monoisotopic (exact) mass is 388 g/mol. The first kappa shape index (κ1) is 18.9. The number of fused-ring (bicyclic) bond motifs is 1. The largest absolute Gasteiger partial charge is 0.0622 e. The van der Waals surface area contributed by atoms with Crippen molar-refractivity contribution in [1.82, 2.24) is 0 Å². The summed E-state index contributed by atoms with van der Waals surface area (Å²) in [6, 6.07) is 38.3. The lowest BCUT2D eigenvalue weighted by Crippen LogP contribution is -2.30. The van der Waals surface area contributed by atoms with Crippen LogP contribution in [-0.4, -0.2) is 0 Å². The minimum atomic E-state index is -0.166. The molecule has 1 aliphatic carbocycles. The van der Waals surface area contributed by atoms with Gasteiger partial charge in [-0.3, -0.25) is 0 Å². The molecule has 0 spiro atoms. The molecule has 0 heterocycles. The van der Waals surface area contributed by atoms with Crippen LogP contribution < -0.4 is 0 Å². The maximum Gasteiger partial charge on any atom is 0.0466 e. The average molecular weight is 389 g/mol. The van der Waals surface area contributed by atoms with Crippen molar-refractivity contribution in [3.05, 3.63) is 142 Å². The van der Waals surface area contributed by atoms with Crippen LogP contribution in [0.4, 0.5) is 0 Å². The Kier molecular flexibility index (Phi) is 4.40. The Hall–Kier alpha value is -3.12. The van der Waals surface area contributed by atoms with Crippen LogP contribution in [0.15, 0.2) is 103 Å². The summed E-state index contributed by atoms with van der Waals surface area (Å²) >= 11 is 0. The molecule has 0 nitrogen and oxygen atoms in total. The molecule has 0 aromatic heterocycles. The van der Waals surface area contributed by atoms with E-state index in [1.165, 1.54) is 38.9 Å². The first-order chi connectivity index (χ1) is 14.5. The van der Waals surface area contributed by atoms with Crippen LogP contribution in [-0.2, 0) is 10.8 Å². The van der Waals surface area contributed by atoms with E-state index in [9.17, 15) is 0 Å². The van der Waals surface area contributed by atoms with Gasteiger partial charge in [0.25, 0.3) is 0 Å². The minimum absolute atomic E-state index is 0.0534. The number of hydrogen-bond acceptors (Lipinski definition) is 0. The molecule has 0 N–H and O–H groups in total. The van der Waals surface area contributed by atoms with Gasteiger partial charge in [-0.15, -0.1) is 0 Å². The molecule has 0 amide bonds. The fraction of sp³-hybridized carbons (Fsp3) is 0.200. The van der Waals surface area contributed by atoms with Crippen LogP contribution >= 0.6 is 0 Å². The third-order valence-corrected chi connectivity index (χ3v) is 7.04. The van der Waals surface area contributed by atoms with Crippen LogP contribution in [0.2, 0.25) is 0 Å². The van der Waals surface area contributed by atoms with Crippen molar-refractivity contribution in [2.75, 3.05) is 0 Å². The number of aryl methyl sites for hydroxylation is 2. The Balaban J connectivity index is 1.87. The summed E-state index contributed by atoms with van der Waals surface area (Å²) in [5.41, 5.74) is 9.47. The molecule has 0 heteroatoms. The predicted molar refractivity (Wildman–Crippen MR) is 126 cm³/mol. The van der Waals surface area contributed by atoms with Gasteiger partial charge >= 0.3 is 0 Å². The second-order valence-corrected chi connectivity index (χ2v) is 9.06. The summed E-state index contributed by atoms with van der Waals surface area (Å²) in [5.74, 6) is 0. The van der Waals surface area contributed by atoms with Crippen molar-refractivity contribution in [2.24, 2.45) is 0 Å². The third-order valence-electron chi connectivity index (χ3n) is 7.04. The van der Waals surface area contributed by atoms with Crippen LogP contribution in [0, 0.1) is 13.8 Å². The molecule has 0 saturated heterocycles. The molecule has 0 saturated carbocycles. The van der Waals surface area contributed by atoms with Crippen molar-refractivity contribution in [1.29, 1.82) is 0 Å². The van der Waals surface area contributed by atoms with Gasteiger partial charge in [-0.05, 0) is 48.1 Å². The molecule has 0 fully saturated rings. The van der Waals surface area contributed by atoms with Gasteiger partial charge in [-0.2, -0.15) is 0 Å². The average Bonchev–Trinajstić information content (AvgIpc) is 3.05. The van der Waals surface area contributed by atoms with E-state index in [0.29, 0.717) is 0 Å². The van der Waals surface area contributed by atoms with Crippen molar-refractivity contribution in [3.63, 3.8) is 0 Å². The number of hydrogen-bond donors (Lipinski definition) is 0. The summed E-state index contributed by atoms with van der Waals surface area (Å²) in [4.78, 5) is 0. The molecule has 30 heavy (non-hydrogen) atoms. The highest BCUT2D eigenvalue weighted by atomic mass is 14.5. The van der Waals surface area contributed by atoms with Gasteiger partial charge in [0, 0.05) is 10.8 Å². The van der Waals surface area contributed by atoms with Gasteiger partial charge in [0.2, 0.25) is 0 Å². The van der Waals surface area contributed by atoms with E-state index in [4.69, 9.17) is 0 Å². The zero-order valence-electron chi connectivity index (χ0n) is 18.0. The number of benzene rings is 4. The molecule has 4 aromatic rings. The summed E-state index contributed by atoms with van der Waals surface area (Å²) in [6.07, 6.45) is 1.02. The van der Waals surface area contributed by atoms with Crippen LogP contribution in [0.1, 0.15) is 52.3 Å². The smallest absolute Gasteiger partial charge is 0.0466 e. The second-order valence-electron chi connectivity index (χ2n) is 9.06. The topological polar surface area (TPSA) is 0 Å². The summed E-state index contributed by atoms with van der Waals surface area (Å²) < 4.78 is 0. The highest BCUT2D eigenvalue weighted by Crippen LogP contribution is 2.58. The van der Waals surface area contributed by atoms with E-state index < -0.39 is 0 Å². The normalized spacial score (nSPS) is 22.6. The van der Waals surface area contributed by atoms with Gasteiger partial charge in [-0.25, -0.2) is 0 Å². The van der Waals surface area contributed by atoms with E-state index in [1.807, 2.05) is 0 Å². The van der Waals surface area contributed by atoms with Crippen molar-refractivity contribution in [3.8, 4) is 0 Å². The van der Waals surface area contributed by atoms with E-state index in [0.717, 1.165) is 6.42 Å². The highest BCUT2D eigenvalue weighted by molar-refractivity contribution is 5.63. The van der Waals surface area contributed by atoms with Gasteiger partial charge < -0.3 is 0 Å². The lowest BCUT2D eigenvalue weighted by atomic mass is 9.67. The molecular formula is C30H28. The Morgan fingerprint density at radius 3 is 1.80 bits per heavy atom. The fourth-order valence-electron chi connectivity index (χ4n) is 5.59. The highest BCUT2D eigenvalue weighted by Gasteiger charge is 2.52.